The molecule has 0 aromatic carbocycles. The van der Waals surface area contributed by atoms with Gasteiger partial charge in [-0.15, -0.1) is 0 Å². The SMILES string of the molecule is C=C1C[C@]23C[C@H]1CC[C@H]2[C@@]12CC[C@H](O)[C@@](C)(C(=O)O1)[C@H]2[C@@H]3C(=O)[O-].[K+]. The van der Waals surface area contributed by atoms with Crippen molar-refractivity contribution in [1.29, 1.82) is 0 Å². The van der Waals surface area contributed by atoms with Crippen LogP contribution >= 0.6 is 0 Å². The Bertz CT molecular complexity index is 691. The molecule has 0 aromatic rings. The zero-order chi connectivity index (χ0) is 17.1. The third-order valence-electron chi connectivity index (χ3n) is 8.45. The van der Waals surface area contributed by atoms with Crippen molar-refractivity contribution in [3.8, 4) is 0 Å². The van der Waals surface area contributed by atoms with Gasteiger partial charge in [0, 0.05) is 23.7 Å². The number of fused-ring (bicyclic) bond motifs is 1. The maximum absolute atomic E-state index is 12.7. The van der Waals surface area contributed by atoms with Crippen LogP contribution in [0.5, 0.6) is 0 Å². The van der Waals surface area contributed by atoms with E-state index in [9.17, 15) is 19.8 Å². The second kappa shape index (κ2) is 5.42. The monoisotopic (exact) mass is 370 g/mol. The first-order chi connectivity index (χ1) is 11.3. The van der Waals surface area contributed by atoms with E-state index in [0.29, 0.717) is 25.2 Å². The Morgan fingerprint density at radius 2 is 2.08 bits per heavy atom. The van der Waals surface area contributed by atoms with Crippen LogP contribution in [-0.2, 0) is 14.3 Å². The van der Waals surface area contributed by atoms with Crippen molar-refractivity contribution in [2.75, 3.05) is 0 Å². The molecule has 5 aliphatic rings. The van der Waals surface area contributed by atoms with Crippen LogP contribution in [0, 0.1) is 34.5 Å². The first-order valence-electron chi connectivity index (χ1n) is 9.07. The Morgan fingerprint density at radius 3 is 2.76 bits per heavy atom. The summed E-state index contributed by atoms with van der Waals surface area (Å²) in [6.07, 6.45) is 3.60. The Balaban J connectivity index is 0.00000157. The Hall–Kier alpha value is 0.276. The maximum Gasteiger partial charge on any atom is 1.00 e. The van der Waals surface area contributed by atoms with E-state index in [4.69, 9.17) is 4.74 Å². The van der Waals surface area contributed by atoms with Crippen LogP contribution < -0.4 is 56.5 Å². The summed E-state index contributed by atoms with van der Waals surface area (Å²) in [5, 5.41) is 22.9. The van der Waals surface area contributed by atoms with Crippen LogP contribution in [0.15, 0.2) is 12.2 Å². The summed E-state index contributed by atoms with van der Waals surface area (Å²) in [6, 6.07) is 0. The topological polar surface area (TPSA) is 86.7 Å². The number of rotatable bonds is 1. The molecule has 0 amide bonds. The van der Waals surface area contributed by atoms with Crippen molar-refractivity contribution in [3.63, 3.8) is 0 Å². The molecule has 6 heteroatoms. The zero-order valence-electron chi connectivity index (χ0n) is 14.9. The molecule has 1 spiro atoms. The molecule has 5 nitrogen and oxygen atoms in total. The Labute approximate surface area is 190 Å². The van der Waals surface area contributed by atoms with Gasteiger partial charge >= 0.3 is 57.4 Å². The number of carboxylic acid groups (broad SMARTS) is 1. The van der Waals surface area contributed by atoms with E-state index in [1.54, 1.807) is 6.92 Å². The molecule has 8 atom stereocenters. The van der Waals surface area contributed by atoms with Gasteiger partial charge in [-0.1, -0.05) is 12.2 Å². The number of aliphatic hydroxyl groups is 1. The minimum atomic E-state index is -1.13. The summed E-state index contributed by atoms with van der Waals surface area (Å²) in [5.41, 5.74) is -1.12. The fraction of sp³-hybridized carbons (Fsp3) is 0.789. The molecule has 0 aromatic heterocycles. The van der Waals surface area contributed by atoms with Gasteiger partial charge in [-0.3, -0.25) is 4.79 Å². The largest absolute Gasteiger partial charge is 1.00 e. The number of aliphatic hydroxyl groups excluding tert-OH is 1. The van der Waals surface area contributed by atoms with Gasteiger partial charge in [0.05, 0.1) is 11.5 Å². The summed E-state index contributed by atoms with van der Waals surface area (Å²) in [7, 11) is 0. The fourth-order valence-electron chi connectivity index (χ4n) is 7.64. The van der Waals surface area contributed by atoms with Crippen LogP contribution in [0.1, 0.15) is 45.4 Å². The van der Waals surface area contributed by atoms with Crippen molar-refractivity contribution in [2.24, 2.45) is 34.5 Å². The molecule has 4 aliphatic carbocycles. The standard InChI is InChI=1S/C19H24O5.K/c1-9-7-18-8-10(9)3-4-11(18)19-6-5-12(20)17(2,16(23)24-19)14(19)13(18)15(21)22;/h10-14,20H,1,3-8H2,2H3,(H,21,22);/q;+1/p-1/t10-,11-,12+,13-,14-,17-,18+,19-;/m1./s1. The third kappa shape index (κ3) is 1.87. The summed E-state index contributed by atoms with van der Waals surface area (Å²) in [5.74, 6) is -2.30. The maximum atomic E-state index is 12.7. The van der Waals surface area contributed by atoms with Crippen LogP contribution in [0.2, 0.25) is 0 Å². The number of allylic oxidation sites excluding steroid dienone is 1. The van der Waals surface area contributed by atoms with E-state index in [1.807, 2.05) is 0 Å². The van der Waals surface area contributed by atoms with Gasteiger partial charge in [-0.25, -0.2) is 0 Å². The van der Waals surface area contributed by atoms with Gasteiger partial charge < -0.3 is 19.7 Å². The number of carbonyl (C=O) groups excluding carboxylic acids is 2. The minimum Gasteiger partial charge on any atom is -0.550 e. The van der Waals surface area contributed by atoms with Crippen LogP contribution in [0.3, 0.4) is 0 Å². The molecule has 0 radical (unpaired) electrons. The van der Waals surface area contributed by atoms with E-state index in [-0.39, 0.29) is 57.3 Å². The molecule has 25 heavy (non-hydrogen) atoms. The van der Waals surface area contributed by atoms with Crippen molar-refractivity contribution < 1.29 is 75.9 Å². The molecule has 1 N–H and O–H groups in total. The molecule has 4 bridgehead atoms. The second-order valence-electron chi connectivity index (χ2n) is 9.06. The van der Waals surface area contributed by atoms with Crippen LogP contribution in [0.4, 0.5) is 0 Å². The van der Waals surface area contributed by atoms with E-state index < -0.39 is 46.3 Å². The quantitative estimate of drug-likeness (QED) is 0.322. The summed E-state index contributed by atoms with van der Waals surface area (Å²) < 4.78 is 5.98. The first-order valence-corrected chi connectivity index (χ1v) is 9.07. The first kappa shape index (κ1) is 18.6. The number of carboxylic acids is 1. The molecular weight excluding hydrogens is 347 g/mol. The molecular formula is C19H23KO5. The number of ether oxygens (including phenoxy) is 1. The average Bonchev–Trinajstić information content (AvgIpc) is 2.98. The van der Waals surface area contributed by atoms with Crippen LogP contribution in [0.25, 0.3) is 0 Å². The van der Waals surface area contributed by atoms with Crippen molar-refractivity contribution >= 4 is 11.9 Å². The van der Waals surface area contributed by atoms with E-state index >= 15 is 0 Å². The Morgan fingerprint density at radius 1 is 1.36 bits per heavy atom. The van der Waals surface area contributed by atoms with Gasteiger partial charge in [0.25, 0.3) is 0 Å². The fourth-order valence-corrected chi connectivity index (χ4v) is 7.64. The summed E-state index contributed by atoms with van der Waals surface area (Å²) in [4.78, 5) is 25.0. The molecule has 5 rings (SSSR count). The number of aliphatic carboxylic acids is 1. The predicted octanol–water partition coefficient (Wildman–Crippen LogP) is -2.19. The molecule has 1 heterocycles. The van der Waals surface area contributed by atoms with E-state index in [1.165, 1.54) is 0 Å². The second-order valence-corrected chi connectivity index (χ2v) is 9.06. The smallest absolute Gasteiger partial charge is 0.550 e. The van der Waals surface area contributed by atoms with Crippen molar-refractivity contribution in [1.82, 2.24) is 0 Å². The van der Waals surface area contributed by atoms with Gasteiger partial charge in [0.1, 0.15) is 5.60 Å². The predicted molar refractivity (Wildman–Crippen MR) is 81.2 cm³/mol. The zero-order valence-corrected chi connectivity index (χ0v) is 18.0. The molecule has 130 valence electrons. The summed E-state index contributed by atoms with van der Waals surface area (Å²) in [6.45, 7) is 5.90. The molecule has 0 unspecified atom stereocenters. The van der Waals surface area contributed by atoms with Crippen molar-refractivity contribution in [3.05, 3.63) is 12.2 Å². The molecule has 1 aliphatic heterocycles. The van der Waals surface area contributed by atoms with Gasteiger partial charge in [0.2, 0.25) is 0 Å². The normalized spacial score (nSPS) is 55.2. The van der Waals surface area contributed by atoms with Crippen LogP contribution in [-0.4, -0.2) is 28.8 Å². The minimum absolute atomic E-state index is 0. The van der Waals surface area contributed by atoms with E-state index in [0.717, 1.165) is 24.8 Å². The average molecular weight is 370 g/mol. The summed E-state index contributed by atoms with van der Waals surface area (Å²) >= 11 is 0. The van der Waals surface area contributed by atoms with Gasteiger partial charge in [0.15, 0.2) is 0 Å². The van der Waals surface area contributed by atoms with Gasteiger partial charge in [-0.05, 0) is 56.8 Å². The number of hydrogen-bond acceptors (Lipinski definition) is 5. The molecule has 5 fully saturated rings. The number of esters is 1. The van der Waals surface area contributed by atoms with E-state index in [2.05, 4.69) is 6.58 Å². The van der Waals surface area contributed by atoms with Gasteiger partial charge in [-0.2, -0.15) is 0 Å². The molecule has 4 saturated carbocycles. The molecule has 1 saturated heterocycles. The Kier molecular flexibility index (Phi) is 4.04. The third-order valence-corrected chi connectivity index (χ3v) is 8.45. The number of carbonyl (C=O) groups is 2. The van der Waals surface area contributed by atoms with Crippen molar-refractivity contribution in [2.45, 2.75) is 57.2 Å². The number of hydrogen-bond donors (Lipinski definition) is 1.